The van der Waals surface area contributed by atoms with Gasteiger partial charge >= 0.3 is 0 Å². The first-order chi connectivity index (χ1) is 6.18. The molecule has 70 valence electrons. The summed E-state index contributed by atoms with van der Waals surface area (Å²) in [4.78, 5) is 0. The van der Waals surface area contributed by atoms with Crippen LogP contribution >= 0.6 is 0 Å². The number of aryl methyl sites for hydroxylation is 1. The van der Waals surface area contributed by atoms with E-state index in [-0.39, 0.29) is 0 Å². The molecular weight excluding hydrogens is 158 g/mol. The molecule has 1 aromatic carbocycles. The standard InChI is InChI=1S/C12H17N/c1-8-4-5-11-7-13-10(3)9(2)12(11)6-8/h4-6,9-10,13H,7H2,1-3H3. The maximum absolute atomic E-state index is 3.51. The molecule has 0 bridgehead atoms. The van der Waals surface area contributed by atoms with Crippen molar-refractivity contribution >= 4 is 0 Å². The number of rotatable bonds is 0. The molecule has 0 fully saturated rings. The van der Waals surface area contributed by atoms with Gasteiger partial charge in [0.05, 0.1) is 0 Å². The third-order valence-electron chi connectivity index (χ3n) is 3.16. The Hall–Kier alpha value is -0.820. The summed E-state index contributed by atoms with van der Waals surface area (Å²) < 4.78 is 0. The summed E-state index contributed by atoms with van der Waals surface area (Å²) in [5.74, 6) is 0.642. The van der Waals surface area contributed by atoms with Crippen LogP contribution in [-0.2, 0) is 6.54 Å². The predicted molar refractivity (Wildman–Crippen MR) is 55.9 cm³/mol. The smallest absolute Gasteiger partial charge is 0.0211 e. The fourth-order valence-corrected chi connectivity index (χ4v) is 2.02. The number of hydrogen-bond acceptors (Lipinski definition) is 1. The van der Waals surface area contributed by atoms with Crippen molar-refractivity contribution in [1.29, 1.82) is 0 Å². The minimum absolute atomic E-state index is 0.606. The van der Waals surface area contributed by atoms with Crippen LogP contribution in [0.15, 0.2) is 18.2 Å². The molecule has 0 saturated heterocycles. The van der Waals surface area contributed by atoms with E-state index in [1.807, 2.05) is 0 Å². The molecule has 1 aliphatic heterocycles. The highest BCUT2D eigenvalue weighted by atomic mass is 14.9. The van der Waals surface area contributed by atoms with Gasteiger partial charge in [0, 0.05) is 12.6 Å². The Morgan fingerprint density at radius 1 is 1.31 bits per heavy atom. The van der Waals surface area contributed by atoms with E-state index in [1.165, 1.54) is 16.7 Å². The minimum Gasteiger partial charge on any atom is -0.310 e. The third-order valence-corrected chi connectivity index (χ3v) is 3.16. The monoisotopic (exact) mass is 175 g/mol. The molecule has 13 heavy (non-hydrogen) atoms. The van der Waals surface area contributed by atoms with Crippen molar-refractivity contribution in [3.8, 4) is 0 Å². The molecule has 1 aromatic rings. The molecule has 0 aliphatic carbocycles. The van der Waals surface area contributed by atoms with Gasteiger partial charge in [0.25, 0.3) is 0 Å². The lowest BCUT2D eigenvalue weighted by atomic mass is 9.86. The van der Waals surface area contributed by atoms with Gasteiger partial charge in [-0.3, -0.25) is 0 Å². The summed E-state index contributed by atoms with van der Waals surface area (Å²) in [5.41, 5.74) is 4.38. The third kappa shape index (κ3) is 1.49. The van der Waals surface area contributed by atoms with Crippen molar-refractivity contribution in [2.24, 2.45) is 0 Å². The lowest BCUT2D eigenvalue weighted by Crippen LogP contribution is -2.35. The summed E-state index contributed by atoms with van der Waals surface area (Å²) in [5, 5.41) is 3.51. The average Bonchev–Trinajstić information content (AvgIpc) is 2.12. The second-order valence-corrected chi connectivity index (χ2v) is 4.16. The van der Waals surface area contributed by atoms with Crippen molar-refractivity contribution in [2.75, 3.05) is 0 Å². The Morgan fingerprint density at radius 2 is 2.08 bits per heavy atom. The van der Waals surface area contributed by atoms with E-state index in [2.05, 4.69) is 44.3 Å². The van der Waals surface area contributed by atoms with Crippen molar-refractivity contribution in [3.63, 3.8) is 0 Å². The van der Waals surface area contributed by atoms with Crippen LogP contribution in [0.1, 0.15) is 36.5 Å². The van der Waals surface area contributed by atoms with Gasteiger partial charge in [-0.2, -0.15) is 0 Å². The maximum Gasteiger partial charge on any atom is 0.0211 e. The van der Waals surface area contributed by atoms with Crippen LogP contribution in [0.3, 0.4) is 0 Å². The second-order valence-electron chi connectivity index (χ2n) is 4.16. The number of nitrogens with one attached hydrogen (secondary N) is 1. The predicted octanol–water partition coefficient (Wildman–Crippen LogP) is 2.59. The van der Waals surface area contributed by atoms with Gasteiger partial charge in [-0.05, 0) is 30.9 Å². The Morgan fingerprint density at radius 3 is 2.85 bits per heavy atom. The lowest BCUT2D eigenvalue weighted by molar-refractivity contribution is 0.448. The van der Waals surface area contributed by atoms with E-state index in [1.54, 1.807) is 0 Å². The van der Waals surface area contributed by atoms with E-state index in [0.29, 0.717) is 12.0 Å². The Balaban J connectivity index is 2.45. The molecule has 0 aromatic heterocycles. The summed E-state index contributed by atoms with van der Waals surface area (Å²) in [6.07, 6.45) is 0. The number of fused-ring (bicyclic) bond motifs is 1. The maximum atomic E-state index is 3.51. The van der Waals surface area contributed by atoms with Crippen LogP contribution in [0.2, 0.25) is 0 Å². The summed E-state index contributed by atoms with van der Waals surface area (Å²) in [7, 11) is 0. The zero-order valence-corrected chi connectivity index (χ0v) is 8.59. The largest absolute Gasteiger partial charge is 0.310 e. The van der Waals surface area contributed by atoms with Gasteiger partial charge in [0.2, 0.25) is 0 Å². The molecule has 1 N–H and O–H groups in total. The van der Waals surface area contributed by atoms with E-state index in [4.69, 9.17) is 0 Å². The minimum atomic E-state index is 0.606. The van der Waals surface area contributed by atoms with Gasteiger partial charge in [0.1, 0.15) is 0 Å². The average molecular weight is 175 g/mol. The van der Waals surface area contributed by atoms with Crippen molar-refractivity contribution in [3.05, 3.63) is 34.9 Å². The zero-order chi connectivity index (χ0) is 9.42. The molecule has 2 unspecified atom stereocenters. The first-order valence-corrected chi connectivity index (χ1v) is 5.01. The second kappa shape index (κ2) is 3.15. The quantitative estimate of drug-likeness (QED) is 0.639. The van der Waals surface area contributed by atoms with Crippen molar-refractivity contribution < 1.29 is 0 Å². The number of benzene rings is 1. The van der Waals surface area contributed by atoms with Gasteiger partial charge in [0.15, 0.2) is 0 Å². The Kier molecular flexibility index (Phi) is 2.12. The molecule has 0 spiro atoms. The van der Waals surface area contributed by atoms with Crippen LogP contribution in [0.5, 0.6) is 0 Å². The normalized spacial score (nSPS) is 27.0. The highest BCUT2D eigenvalue weighted by Crippen LogP contribution is 2.28. The van der Waals surface area contributed by atoms with Crippen LogP contribution in [0.4, 0.5) is 0 Å². The van der Waals surface area contributed by atoms with Crippen LogP contribution in [0.25, 0.3) is 0 Å². The first-order valence-electron chi connectivity index (χ1n) is 5.01. The lowest BCUT2D eigenvalue weighted by Gasteiger charge is -2.30. The van der Waals surface area contributed by atoms with Gasteiger partial charge in [-0.25, -0.2) is 0 Å². The molecular formula is C12H17N. The summed E-state index contributed by atoms with van der Waals surface area (Å²) >= 11 is 0. The van der Waals surface area contributed by atoms with E-state index < -0.39 is 0 Å². The Bertz CT molecular complexity index is 317. The zero-order valence-electron chi connectivity index (χ0n) is 8.59. The molecule has 2 atom stereocenters. The van der Waals surface area contributed by atoms with Gasteiger partial charge in [-0.1, -0.05) is 30.7 Å². The molecule has 1 heterocycles. The van der Waals surface area contributed by atoms with Crippen molar-refractivity contribution in [2.45, 2.75) is 39.3 Å². The van der Waals surface area contributed by atoms with Gasteiger partial charge in [-0.15, -0.1) is 0 Å². The highest BCUT2D eigenvalue weighted by Gasteiger charge is 2.21. The molecule has 1 heteroatoms. The van der Waals surface area contributed by atoms with E-state index in [9.17, 15) is 0 Å². The highest BCUT2D eigenvalue weighted by molar-refractivity contribution is 5.36. The first kappa shape index (κ1) is 8.76. The molecule has 0 radical (unpaired) electrons. The fourth-order valence-electron chi connectivity index (χ4n) is 2.02. The van der Waals surface area contributed by atoms with Crippen molar-refractivity contribution in [1.82, 2.24) is 5.32 Å². The topological polar surface area (TPSA) is 12.0 Å². The number of hydrogen-bond donors (Lipinski definition) is 1. The van der Waals surface area contributed by atoms with Gasteiger partial charge < -0.3 is 5.32 Å². The van der Waals surface area contributed by atoms with E-state index >= 15 is 0 Å². The SMILES string of the molecule is Cc1ccc2c(c1)C(C)C(C)NC2. The summed E-state index contributed by atoms with van der Waals surface area (Å²) in [6, 6.07) is 7.38. The summed E-state index contributed by atoms with van der Waals surface area (Å²) in [6.45, 7) is 7.76. The fraction of sp³-hybridized carbons (Fsp3) is 0.500. The molecule has 0 saturated carbocycles. The molecule has 1 nitrogen and oxygen atoms in total. The van der Waals surface area contributed by atoms with Crippen LogP contribution < -0.4 is 5.32 Å². The molecule has 0 amide bonds. The van der Waals surface area contributed by atoms with E-state index in [0.717, 1.165) is 6.54 Å². The Labute approximate surface area is 80.2 Å². The van der Waals surface area contributed by atoms with Crippen LogP contribution in [0, 0.1) is 6.92 Å². The van der Waals surface area contributed by atoms with Crippen LogP contribution in [-0.4, -0.2) is 6.04 Å². The molecule has 1 aliphatic rings. The molecule has 2 rings (SSSR count).